The Morgan fingerprint density at radius 2 is 1.87 bits per heavy atom. The van der Waals surface area contributed by atoms with E-state index in [1.807, 2.05) is 32.0 Å². The molecule has 0 radical (unpaired) electrons. The summed E-state index contributed by atoms with van der Waals surface area (Å²) in [5, 5.41) is 15.4. The van der Waals surface area contributed by atoms with Crippen molar-refractivity contribution in [3.05, 3.63) is 71.9 Å². The lowest BCUT2D eigenvalue weighted by atomic mass is 10.1. The molecule has 2 aromatic carbocycles. The highest BCUT2D eigenvalue weighted by molar-refractivity contribution is 5.94. The van der Waals surface area contributed by atoms with Crippen LogP contribution < -0.4 is 16.0 Å². The zero-order chi connectivity index (χ0) is 21.8. The third-order valence-electron chi connectivity index (χ3n) is 4.93. The third-order valence-corrected chi connectivity index (χ3v) is 4.93. The van der Waals surface area contributed by atoms with Crippen LogP contribution in [0.2, 0.25) is 0 Å². The molecule has 0 spiro atoms. The molecule has 2 aromatic heterocycles. The van der Waals surface area contributed by atoms with E-state index >= 15 is 0 Å². The lowest BCUT2D eigenvalue weighted by Crippen LogP contribution is -2.28. The monoisotopic (exact) mass is 415 g/mol. The number of nitrogens with zero attached hydrogens (tertiary/aromatic N) is 4. The molecule has 4 rings (SSSR count). The predicted octanol–water partition coefficient (Wildman–Crippen LogP) is 4.19. The highest BCUT2D eigenvalue weighted by atomic mass is 16.2. The minimum atomic E-state index is -0.259. The van der Waals surface area contributed by atoms with Gasteiger partial charge >= 0.3 is 6.03 Å². The van der Waals surface area contributed by atoms with Crippen LogP contribution in [0.4, 0.5) is 16.3 Å². The summed E-state index contributed by atoms with van der Waals surface area (Å²) in [5.74, 6) is 1.27. The number of carbonyl (C=O) groups excluding carboxylic acids is 1. The molecule has 2 heterocycles. The number of urea groups is 1. The molecule has 158 valence electrons. The van der Waals surface area contributed by atoms with Crippen molar-refractivity contribution in [1.82, 2.24) is 25.1 Å². The minimum absolute atomic E-state index is 0.259. The number of aromatic nitrogens is 4. The molecule has 0 aliphatic rings. The van der Waals surface area contributed by atoms with Crippen LogP contribution in [0.1, 0.15) is 23.9 Å². The highest BCUT2D eigenvalue weighted by Gasteiger charge is 2.06. The molecule has 0 aliphatic carbocycles. The van der Waals surface area contributed by atoms with Gasteiger partial charge in [0.05, 0.1) is 5.69 Å². The van der Waals surface area contributed by atoms with Gasteiger partial charge < -0.3 is 10.6 Å². The van der Waals surface area contributed by atoms with Crippen LogP contribution in [0.15, 0.2) is 55.0 Å². The fourth-order valence-corrected chi connectivity index (χ4v) is 3.37. The number of rotatable bonds is 6. The van der Waals surface area contributed by atoms with Gasteiger partial charge in [-0.25, -0.2) is 19.4 Å². The largest absolute Gasteiger partial charge is 0.381 e. The summed E-state index contributed by atoms with van der Waals surface area (Å²) in [5.41, 5.74) is 4.27. The average Bonchev–Trinajstić information content (AvgIpc) is 3.19. The van der Waals surface area contributed by atoms with Crippen molar-refractivity contribution >= 4 is 28.3 Å². The number of amides is 2. The molecule has 0 saturated carbocycles. The third kappa shape index (κ3) is 4.80. The molecule has 3 N–H and O–H groups in total. The number of carbonyl (C=O) groups is 1. The molecular weight excluding hydrogens is 390 g/mol. The Bertz CT molecular complexity index is 1210. The number of nitrogens with one attached hydrogen (secondary N) is 3. The van der Waals surface area contributed by atoms with Gasteiger partial charge in [0.2, 0.25) is 0 Å². The molecule has 0 fully saturated rings. The Labute approximate surface area is 180 Å². The van der Waals surface area contributed by atoms with Crippen molar-refractivity contribution in [1.29, 1.82) is 0 Å². The number of aryl methyl sites for hydroxylation is 2. The second kappa shape index (κ2) is 8.83. The number of benzene rings is 2. The van der Waals surface area contributed by atoms with E-state index in [0.29, 0.717) is 18.9 Å². The Kier molecular flexibility index (Phi) is 5.79. The van der Waals surface area contributed by atoms with E-state index in [1.54, 1.807) is 17.2 Å². The first-order valence-electron chi connectivity index (χ1n) is 10.2. The lowest BCUT2D eigenvalue weighted by Gasteiger charge is -2.12. The Hall–Kier alpha value is -3.94. The van der Waals surface area contributed by atoms with Crippen LogP contribution in [0, 0.1) is 13.8 Å². The Morgan fingerprint density at radius 1 is 1.06 bits per heavy atom. The number of hydrogen-bond donors (Lipinski definition) is 3. The van der Waals surface area contributed by atoms with Crippen LogP contribution in [0.25, 0.3) is 16.5 Å². The topological polar surface area (TPSA) is 96.8 Å². The maximum absolute atomic E-state index is 11.8. The predicted molar refractivity (Wildman–Crippen MR) is 123 cm³/mol. The highest BCUT2D eigenvalue weighted by Crippen LogP contribution is 2.25. The normalized spacial score (nSPS) is 10.8. The SMILES string of the molecule is CCNC(=O)Nc1cc2cc(NCc3ccc(-n4cnc(C)n4)cc3)cc(C)c2cn1. The first-order valence-corrected chi connectivity index (χ1v) is 10.2. The first kappa shape index (κ1) is 20.3. The summed E-state index contributed by atoms with van der Waals surface area (Å²) in [6.07, 6.45) is 3.50. The average molecular weight is 416 g/mol. The van der Waals surface area contributed by atoms with Gasteiger partial charge in [-0.15, -0.1) is 0 Å². The molecule has 2 amide bonds. The number of pyridine rings is 1. The summed E-state index contributed by atoms with van der Waals surface area (Å²) in [6.45, 7) is 7.05. The van der Waals surface area contributed by atoms with E-state index in [1.165, 1.54) is 0 Å². The molecule has 31 heavy (non-hydrogen) atoms. The van der Waals surface area contributed by atoms with Gasteiger partial charge in [-0.2, -0.15) is 5.10 Å². The molecule has 8 heteroatoms. The van der Waals surface area contributed by atoms with Crippen molar-refractivity contribution in [2.24, 2.45) is 0 Å². The summed E-state index contributed by atoms with van der Waals surface area (Å²) in [6, 6.07) is 14.0. The minimum Gasteiger partial charge on any atom is -0.381 e. The summed E-state index contributed by atoms with van der Waals surface area (Å²) < 4.78 is 1.76. The summed E-state index contributed by atoms with van der Waals surface area (Å²) in [4.78, 5) is 20.3. The molecule has 0 saturated heterocycles. The van der Waals surface area contributed by atoms with Crippen molar-refractivity contribution < 1.29 is 4.79 Å². The van der Waals surface area contributed by atoms with Crippen LogP contribution in [0.5, 0.6) is 0 Å². The smallest absolute Gasteiger partial charge is 0.320 e. The zero-order valence-corrected chi connectivity index (χ0v) is 17.8. The van der Waals surface area contributed by atoms with Crippen LogP contribution in [0.3, 0.4) is 0 Å². The zero-order valence-electron chi connectivity index (χ0n) is 17.8. The fourth-order valence-electron chi connectivity index (χ4n) is 3.37. The van der Waals surface area contributed by atoms with Crippen molar-refractivity contribution in [2.45, 2.75) is 27.3 Å². The number of fused-ring (bicyclic) bond motifs is 1. The lowest BCUT2D eigenvalue weighted by molar-refractivity contribution is 0.252. The van der Waals surface area contributed by atoms with E-state index in [4.69, 9.17) is 0 Å². The van der Waals surface area contributed by atoms with Gasteiger partial charge in [0.25, 0.3) is 0 Å². The van der Waals surface area contributed by atoms with E-state index in [9.17, 15) is 4.79 Å². The van der Waals surface area contributed by atoms with Gasteiger partial charge in [-0.3, -0.25) is 5.32 Å². The molecular formula is C23H25N7O. The van der Waals surface area contributed by atoms with E-state index in [0.717, 1.165) is 39.1 Å². The molecule has 4 aromatic rings. The van der Waals surface area contributed by atoms with Crippen LogP contribution in [-0.4, -0.2) is 32.3 Å². The van der Waals surface area contributed by atoms with Gasteiger partial charge in [0.15, 0.2) is 0 Å². The molecule has 0 atom stereocenters. The van der Waals surface area contributed by atoms with E-state index < -0.39 is 0 Å². The molecule has 0 unspecified atom stereocenters. The standard InChI is InChI=1S/C23H25N7O/c1-4-24-23(31)28-22-11-18-10-19(9-15(2)21(18)13-26-22)25-12-17-5-7-20(8-6-17)30-14-27-16(3)29-30/h5-11,13-14,25H,4,12H2,1-3H3,(H2,24,26,28,31). The van der Waals surface area contributed by atoms with Crippen LogP contribution in [-0.2, 0) is 6.54 Å². The Morgan fingerprint density at radius 3 is 2.58 bits per heavy atom. The van der Waals surface area contributed by atoms with Gasteiger partial charge in [-0.1, -0.05) is 12.1 Å². The second-order valence-corrected chi connectivity index (χ2v) is 7.32. The molecule has 8 nitrogen and oxygen atoms in total. The first-order chi connectivity index (χ1) is 15.0. The quantitative estimate of drug-likeness (QED) is 0.439. The van der Waals surface area contributed by atoms with Crippen molar-refractivity contribution in [2.75, 3.05) is 17.2 Å². The van der Waals surface area contributed by atoms with E-state index in [2.05, 4.69) is 62.2 Å². The van der Waals surface area contributed by atoms with Crippen molar-refractivity contribution in [3.8, 4) is 5.69 Å². The molecule has 0 aliphatic heterocycles. The number of anilines is 2. The molecule has 0 bridgehead atoms. The second-order valence-electron chi connectivity index (χ2n) is 7.32. The van der Waals surface area contributed by atoms with Crippen LogP contribution >= 0.6 is 0 Å². The summed E-state index contributed by atoms with van der Waals surface area (Å²) in [7, 11) is 0. The van der Waals surface area contributed by atoms with E-state index in [-0.39, 0.29) is 6.03 Å². The maximum atomic E-state index is 11.8. The fraction of sp³-hybridized carbons (Fsp3) is 0.217. The van der Waals surface area contributed by atoms with Crippen molar-refractivity contribution in [3.63, 3.8) is 0 Å². The summed E-state index contributed by atoms with van der Waals surface area (Å²) >= 11 is 0. The van der Waals surface area contributed by atoms with Gasteiger partial charge in [0.1, 0.15) is 18.0 Å². The maximum Gasteiger partial charge on any atom is 0.320 e. The van der Waals surface area contributed by atoms with Gasteiger partial charge in [-0.05, 0) is 67.6 Å². The Balaban J connectivity index is 1.48. The number of hydrogen-bond acceptors (Lipinski definition) is 5. The van der Waals surface area contributed by atoms with Gasteiger partial charge in [0, 0.05) is 30.4 Å².